The minimum Gasteiger partial charge on any atom is -0.370 e. The van der Waals surface area contributed by atoms with Gasteiger partial charge in [0.1, 0.15) is 10.7 Å². The average Bonchev–Trinajstić information content (AvgIpc) is 3.01. The first-order valence-electron chi connectivity index (χ1n) is 9.29. The molecular formula is C21H25N3O2S. The van der Waals surface area contributed by atoms with Gasteiger partial charge in [-0.05, 0) is 37.8 Å². The van der Waals surface area contributed by atoms with E-state index in [0.717, 1.165) is 40.2 Å². The van der Waals surface area contributed by atoms with E-state index < -0.39 is 0 Å². The van der Waals surface area contributed by atoms with Crippen LogP contribution in [0.4, 0.5) is 0 Å². The van der Waals surface area contributed by atoms with Gasteiger partial charge in [0, 0.05) is 30.3 Å². The Hall–Kier alpha value is -2.47. The number of nitrogens with zero attached hydrogens (tertiary/aromatic N) is 2. The van der Waals surface area contributed by atoms with E-state index in [2.05, 4.69) is 39.0 Å². The lowest BCUT2D eigenvalue weighted by Crippen LogP contribution is -2.26. The molecule has 1 aromatic carbocycles. The topological polar surface area (TPSA) is 78.0 Å². The Morgan fingerprint density at radius 2 is 2.04 bits per heavy atom. The van der Waals surface area contributed by atoms with Crippen LogP contribution in [0.25, 0.3) is 21.3 Å². The van der Waals surface area contributed by atoms with Gasteiger partial charge in [0.05, 0.1) is 5.39 Å². The SMILES string of the molecule is CCCc1nc2scc(-c3ccc(C)cc3C)c2c(=O)n1CCCC(N)=O. The molecule has 1 amide bonds. The molecule has 27 heavy (non-hydrogen) atoms. The van der Waals surface area contributed by atoms with Gasteiger partial charge in [-0.1, -0.05) is 30.7 Å². The number of carbonyl (C=O) groups is 1. The molecule has 0 bridgehead atoms. The monoisotopic (exact) mass is 383 g/mol. The second-order valence-electron chi connectivity index (χ2n) is 6.95. The van der Waals surface area contributed by atoms with Crippen LogP contribution in [-0.4, -0.2) is 15.5 Å². The number of primary amides is 1. The fourth-order valence-corrected chi connectivity index (χ4v) is 4.38. The Bertz CT molecular complexity index is 1050. The number of aromatic nitrogens is 2. The molecule has 0 unspecified atom stereocenters. The third-order valence-corrected chi connectivity index (χ3v) is 5.60. The van der Waals surface area contributed by atoms with Crippen molar-refractivity contribution in [2.75, 3.05) is 0 Å². The predicted molar refractivity (Wildman–Crippen MR) is 111 cm³/mol. The maximum absolute atomic E-state index is 13.3. The second-order valence-corrected chi connectivity index (χ2v) is 7.81. The van der Waals surface area contributed by atoms with Crippen molar-refractivity contribution in [3.63, 3.8) is 0 Å². The fraction of sp³-hybridized carbons (Fsp3) is 0.381. The van der Waals surface area contributed by atoms with Crippen LogP contribution in [0.2, 0.25) is 0 Å². The maximum Gasteiger partial charge on any atom is 0.262 e. The van der Waals surface area contributed by atoms with E-state index in [0.29, 0.717) is 18.4 Å². The molecule has 0 fully saturated rings. The van der Waals surface area contributed by atoms with Gasteiger partial charge >= 0.3 is 0 Å². The molecule has 0 aliphatic heterocycles. The first-order valence-corrected chi connectivity index (χ1v) is 10.2. The molecule has 5 nitrogen and oxygen atoms in total. The Balaban J connectivity index is 2.16. The standard InChI is InChI=1S/C21H25N3O2S/c1-4-6-18-23-20-19(21(26)24(18)10-5-7-17(22)25)16(12-27-20)15-9-8-13(2)11-14(15)3/h8-9,11-12H,4-7,10H2,1-3H3,(H2,22,25). The van der Waals surface area contributed by atoms with Crippen molar-refractivity contribution in [2.24, 2.45) is 5.73 Å². The molecule has 0 atom stereocenters. The van der Waals surface area contributed by atoms with Crippen molar-refractivity contribution in [3.05, 3.63) is 50.9 Å². The number of hydrogen-bond acceptors (Lipinski definition) is 4. The van der Waals surface area contributed by atoms with Crippen molar-refractivity contribution in [2.45, 2.75) is 53.0 Å². The number of carbonyl (C=O) groups excluding carboxylic acids is 1. The van der Waals surface area contributed by atoms with Gasteiger partial charge in [-0.15, -0.1) is 11.3 Å². The highest BCUT2D eigenvalue weighted by Crippen LogP contribution is 2.33. The van der Waals surface area contributed by atoms with Crippen LogP contribution >= 0.6 is 11.3 Å². The third-order valence-electron chi connectivity index (χ3n) is 4.72. The summed E-state index contributed by atoms with van der Waals surface area (Å²) in [6.45, 7) is 6.66. The molecule has 0 saturated heterocycles. The summed E-state index contributed by atoms with van der Waals surface area (Å²) in [6.07, 6.45) is 2.45. The van der Waals surface area contributed by atoms with Crippen LogP contribution in [0.3, 0.4) is 0 Å². The maximum atomic E-state index is 13.3. The van der Waals surface area contributed by atoms with Crippen molar-refractivity contribution >= 4 is 27.5 Å². The fourth-order valence-electron chi connectivity index (χ4n) is 3.44. The number of nitrogens with two attached hydrogens (primary N) is 1. The second kappa shape index (κ2) is 8.05. The summed E-state index contributed by atoms with van der Waals surface area (Å²) in [5, 5.41) is 2.70. The zero-order chi connectivity index (χ0) is 19.6. The van der Waals surface area contributed by atoms with E-state index in [-0.39, 0.29) is 17.9 Å². The number of rotatable bonds is 7. The van der Waals surface area contributed by atoms with Crippen molar-refractivity contribution in [3.8, 4) is 11.1 Å². The van der Waals surface area contributed by atoms with Crippen LogP contribution in [0.1, 0.15) is 43.1 Å². The highest BCUT2D eigenvalue weighted by molar-refractivity contribution is 7.17. The Morgan fingerprint density at radius 1 is 1.26 bits per heavy atom. The van der Waals surface area contributed by atoms with E-state index in [9.17, 15) is 9.59 Å². The minimum atomic E-state index is -0.347. The first-order chi connectivity index (χ1) is 12.9. The molecule has 0 saturated carbocycles. The molecule has 0 radical (unpaired) electrons. The molecular weight excluding hydrogens is 358 g/mol. The van der Waals surface area contributed by atoms with Gasteiger partial charge in [-0.25, -0.2) is 4.98 Å². The average molecular weight is 384 g/mol. The Morgan fingerprint density at radius 3 is 2.70 bits per heavy atom. The molecule has 0 aliphatic rings. The summed E-state index contributed by atoms with van der Waals surface area (Å²) in [6, 6.07) is 6.27. The number of amides is 1. The van der Waals surface area contributed by atoms with Crippen LogP contribution in [0.15, 0.2) is 28.4 Å². The van der Waals surface area contributed by atoms with E-state index in [1.54, 1.807) is 4.57 Å². The van der Waals surface area contributed by atoms with Gasteiger partial charge in [0.15, 0.2) is 0 Å². The largest absolute Gasteiger partial charge is 0.370 e. The Labute approximate surface area is 162 Å². The highest BCUT2D eigenvalue weighted by atomic mass is 32.1. The lowest BCUT2D eigenvalue weighted by atomic mass is 9.99. The quantitative estimate of drug-likeness (QED) is 0.671. The van der Waals surface area contributed by atoms with E-state index >= 15 is 0 Å². The number of aryl methyl sites for hydroxylation is 3. The van der Waals surface area contributed by atoms with Gasteiger partial charge in [-0.3, -0.25) is 14.2 Å². The summed E-state index contributed by atoms with van der Waals surface area (Å²) < 4.78 is 1.73. The normalized spacial score (nSPS) is 11.2. The number of thiophene rings is 1. The van der Waals surface area contributed by atoms with E-state index in [4.69, 9.17) is 10.7 Å². The van der Waals surface area contributed by atoms with Crippen molar-refractivity contribution in [1.29, 1.82) is 0 Å². The smallest absolute Gasteiger partial charge is 0.262 e. The number of fused-ring (bicyclic) bond motifs is 1. The molecule has 3 aromatic rings. The van der Waals surface area contributed by atoms with Crippen LogP contribution in [0.5, 0.6) is 0 Å². The molecule has 2 heterocycles. The number of benzene rings is 1. The molecule has 0 aliphatic carbocycles. The molecule has 2 N–H and O–H groups in total. The summed E-state index contributed by atoms with van der Waals surface area (Å²) >= 11 is 1.51. The summed E-state index contributed by atoms with van der Waals surface area (Å²) in [5.74, 6) is 0.439. The lowest BCUT2D eigenvalue weighted by Gasteiger charge is -2.12. The van der Waals surface area contributed by atoms with Gasteiger partial charge in [0.25, 0.3) is 5.56 Å². The summed E-state index contributed by atoms with van der Waals surface area (Å²) in [7, 11) is 0. The number of hydrogen-bond donors (Lipinski definition) is 1. The first kappa shape index (κ1) is 19.3. The molecule has 142 valence electrons. The van der Waals surface area contributed by atoms with Crippen molar-refractivity contribution < 1.29 is 4.79 Å². The third kappa shape index (κ3) is 3.95. The zero-order valence-electron chi connectivity index (χ0n) is 16.0. The van der Waals surface area contributed by atoms with E-state index in [1.165, 1.54) is 16.9 Å². The van der Waals surface area contributed by atoms with Gasteiger partial charge < -0.3 is 5.73 Å². The van der Waals surface area contributed by atoms with Crippen LogP contribution < -0.4 is 11.3 Å². The van der Waals surface area contributed by atoms with Gasteiger partial charge in [-0.2, -0.15) is 0 Å². The molecule has 6 heteroatoms. The van der Waals surface area contributed by atoms with Crippen LogP contribution in [-0.2, 0) is 17.8 Å². The molecule has 0 spiro atoms. The summed E-state index contributed by atoms with van der Waals surface area (Å²) in [4.78, 5) is 30.0. The Kier molecular flexibility index (Phi) is 5.75. The van der Waals surface area contributed by atoms with Crippen molar-refractivity contribution in [1.82, 2.24) is 9.55 Å². The summed E-state index contributed by atoms with van der Waals surface area (Å²) in [5.41, 5.74) is 9.58. The van der Waals surface area contributed by atoms with Gasteiger partial charge in [0.2, 0.25) is 5.91 Å². The minimum absolute atomic E-state index is 0.0239. The highest BCUT2D eigenvalue weighted by Gasteiger charge is 2.17. The predicted octanol–water partition coefficient (Wildman–Crippen LogP) is 3.96. The van der Waals surface area contributed by atoms with E-state index in [1.807, 2.05) is 5.38 Å². The zero-order valence-corrected chi connectivity index (χ0v) is 16.9. The lowest BCUT2D eigenvalue weighted by molar-refractivity contribution is -0.118. The molecule has 2 aromatic heterocycles. The van der Waals surface area contributed by atoms with Crippen LogP contribution in [0, 0.1) is 13.8 Å². The molecule has 3 rings (SSSR count).